The quantitative estimate of drug-likeness (QED) is 0.194. The van der Waals surface area contributed by atoms with Gasteiger partial charge in [0.05, 0.1) is 0 Å². The van der Waals surface area contributed by atoms with E-state index in [9.17, 15) is 0 Å². The van der Waals surface area contributed by atoms with Crippen molar-refractivity contribution in [2.75, 3.05) is 0 Å². The van der Waals surface area contributed by atoms with Crippen LogP contribution < -0.4 is 0 Å². The zero-order chi connectivity index (χ0) is 25.8. The second kappa shape index (κ2) is 19.5. The topological polar surface area (TPSA) is 0 Å². The number of benzene rings is 3. The zero-order valence-corrected chi connectivity index (χ0v) is 28.2. The van der Waals surface area contributed by atoms with Crippen molar-refractivity contribution in [3.63, 3.8) is 0 Å². The monoisotopic (exact) mass is 624 g/mol. The summed E-state index contributed by atoms with van der Waals surface area (Å²) in [6, 6.07) is 27.0. The molecular formula is C35H44Cl2Zr-4. The van der Waals surface area contributed by atoms with Gasteiger partial charge in [0.2, 0.25) is 0 Å². The summed E-state index contributed by atoms with van der Waals surface area (Å²) in [5.74, 6) is 0.587. The van der Waals surface area contributed by atoms with Crippen molar-refractivity contribution in [3.8, 4) is 11.1 Å². The standard InChI is InChI=1S/C15H13.C12H19.C6H5.CH3.CH2.2ClH.Zr/c1-10-3-5-14-12(7-10)9-13-8-11(2)4-6-15(13)14;1-5-6-10-7-8-11(9-10)12(2,3)4;1-2-4-6-5-3-1;;;;;/h3-7H,9H2,1-2H3;8-10H,5-6H2,1-4H3;1-5H;1H3;1H2;2*1H;/q4*-1;;;;. The van der Waals surface area contributed by atoms with Crippen LogP contribution in [0.15, 0.2) is 78.4 Å². The second-order valence-corrected chi connectivity index (χ2v) is 10.0. The molecule has 0 fully saturated rings. The molecule has 2 aliphatic carbocycles. The molecule has 3 heteroatoms. The Morgan fingerprint density at radius 2 is 1.58 bits per heavy atom. The third-order valence-electron chi connectivity index (χ3n) is 6.00. The van der Waals surface area contributed by atoms with Crippen molar-refractivity contribution in [3.05, 3.63) is 126 Å². The fraction of sp³-hybridized carbons (Fsp3) is 0.314. The minimum absolute atomic E-state index is 0. The van der Waals surface area contributed by atoms with Crippen LogP contribution in [0.4, 0.5) is 0 Å². The largest absolute Gasteiger partial charge is 0.358 e. The molecule has 0 aliphatic heterocycles. The Morgan fingerprint density at radius 3 is 2.08 bits per heavy atom. The summed E-state index contributed by atoms with van der Waals surface area (Å²) in [5.41, 5.74) is 9.90. The summed E-state index contributed by atoms with van der Waals surface area (Å²) in [6.07, 6.45) is 11.5. The van der Waals surface area contributed by atoms with Crippen LogP contribution in [0.2, 0.25) is 0 Å². The van der Waals surface area contributed by atoms with E-state index >= 15 is 0 Å². The molecule has 0 nitrogen and oxygen atoms in total. The molecule has 0 aromatic heterocycles. The summed E-state index contributed by atoms with van der Waals surface area (Å²) in [4.78, 5) is 0. The first-order chi connectivity index (χ1) is 16.8. The van der Waals surface area contributed by atoms with Crippen molar-refractivity contribution < 1.29 is 24.2 Å². The molecular weight excluding hydrogens is 583 g/mol. The maximum Gasteiger partial charge on any atom is -0.171 e. The molecule has 206 valence electrons. The van der Waals surface area contributed by atoms with E-state index in [1.165, 1.54) is 76.0 Å². The predicted octanol–water partition coefficient (Wildman–Crippen LogP) is 10.2. The summed E-state index contributed by atoms with van der Waals surface area (Å²) in [5, 5.41) is 0. The average Bonchev–Trinajstić information content (AvgIpc) is 3.46. The second-order valence-electron chi connectivity index (χ2n) is 10.0. The van der Waals surface area contributed by atoms with Crippen LogP contribution >= 0.6 is 24.8 Å². The molecule has 0 amide bonds. The summed E-state index contributed by atoms with van der Waals surface area (Å²) in [6.45, 7) is 13.2. The van der Waals surface area contributed by atoms with Gasteiger partial charge in [-0.2, -0.15) is 71.8 Å². The van der Waals surface area contributed by atoms with Gasteiger partial charge in [-0.1, -0.05) is 88.1 Å². The van der Waals surface area contributed by atoms with Crippen molar-refractivity contribution in [2.24, 2.45) is 11.3 Å². The van der Waals surface area contributed by atoms with Crippen LogP contribution in [0.5, 0.6) is 0 Å². The molecule has 0 heterocycles. The molecule has 38 heavy (non-hydrogen) atoms. The van der Waals surface area contributed by atoms with Gasteiger partial charge >= 0.3 is 28.4 Å². The number of allylic oxidation sites excluding steroid dienone is 4. The van der Waals surface area contributed by atoms with Gasteiger partial charge in [0.1, 0.15) is 0 Å². The normalized spacial score (nSPS) is 13.5. The number of rotatable bonds is 2. The van der Waals surface area contributed by atoms with Crippen LogP contribution in [-0.4, -0.2) is 4.21 Å². The zero-order valence-electron chi connectivity index (χ0n) is 24.2. The molecule has 0 spiro atoms. The minimum atomic E-state index is 0. The fourth-order valence-corrected chi connectivity index (χ4v) is 4.17. The van der Waals surface area contributed by atoms with E-state index < -0.39 is 0 Å². The molecule has 0 bridgehead atoms. The van der Waals surface area contributed by atoms with E-state index in [-0.39, 0.29) is 32.2 Å². The maximum absolute atomic E-state index is 3.45. The smallest absolute Gasteiger partial charge is 0.171 e. The first-order valence-corrected chi connectivity index (χ1v) is 14.2. The molecule has 2 aliphatic rings. The predicted molar refractivity (Wildman–Crippen MR) is 170 cm³/mol. The van der Waals surface area contributed by atoms with Crippen LogP contribution in [0.25, 0.3) is 11.1 Å². The first-order valence-electron chi connectivity index (χ1n) is 12.5. The van der Waals surface area contributed by atoms with Gasteiger partial charge in [-0.05, 0) is 18.9 Å². The Kier molecular flexibility index (Phi) is 19.8. The molecule has 3 aromatic rings. The van der Waals surface area contributed by atoms with Crippen LogP contribution in [0.1, 0.15) is 62.8 Å². The van der Waals surface area contributed by atoms with Crippen molar-refractivity contribution in [1.29, 1.82) is 0 Å². The Balaban J connectivity index is 0. The van der Waals surface area contributed by atoms with E-state index in [1.807, 2.05) is 30.3 Å². The van der Waals surface area contributed by atoms with Crippen LogP contribution in [0, 0.1) is 50.8 Å². The molecule has 0 N–H and O–H groups in total. The number of halogens is 2. The van der Waals surface area contributed by atoms with E-state index in [2.05, 4.69) is 106 Å². The number of aryl methyl sites for hydroxylation is 2. The van der Waals surface area contributed by atoms with Gasteiger partial charge in [0.25, 0.3) is 0 Å². The van der Waals surface area contributed by atoms with Crippen molar-refractivity contribution >= 4 is 29.0 Å². The van der Waals surface area contributed by atoms with Gasteiger partial charge < -0.3 is 7.43 Å². The number of hydrogen-bond donors (Lipinski definition) is 0. The summed E-state index contributed by atoms with van der Waals surface area (Å²) < 4.78 is 3.34. The van der Waals surface area contributed by atoms with Gasteiger partial charge in [-0.3, -0.25) is 6.08 Å². The van der Waals surface area contributed by atoms with Crippen LogP contribution in [-0.2, 0) is 30.7 Å². The Labute approximate surface area is 261 Å². The van der Waals surface area contributed by atoms with Crippen molar-refractivity contribution in [2.45, 2.75) is 60.8 Å². The molecule has 0 saturated heterocycles. The molecule has 0 saturated carbocycles. The van der Waals surface area contributed by atoms with Gasteiger partial charge in [0, 0.05) is 0 Å². The first kappa shape index (κ1) is 38.6. The minimum Gasteiger partial charge on any atom is -0.358 e. The summed E-state index contributed by atoms with van der Waals surface area (Å²) >= 11 is 1.30. The van der Waals surface area contributed by atoms with Gasteiger partial charge in [-0.25, -0.2) is 6.08 Å². The molecule has 5 rings (SSSR count). The van der Waals surface area contributed by atoms with Gasteiger partial charge in [0.15, 0.2) is 0 Å². The number of hydrogen-bond acceptors (Lipinski definition) is 0. The Bertz CT molecular complexity index is 1050. The van der Waals surface area contributed by atoms with E-state index in [0.29, 0.717) is 11.3 Å². The third-order valence-corrected chi connectivity index (χ3v) is 6.00. The van der Waals surface area contributed by atoms with E-state index in [0.717, 1.165) is 6.42 Å². The molecule has 1 atom stereocenters. The number of fused-ring (bicyclic) bond motifs is 3. The third kappa shape index (κ3) is 12.1. The molecule has 1 unspecified atom stereocenters. The maximum atomic E-state index is 3.45. The molecule has 0 radical (unpaired) electrons. The molecule has 3 aromatic carbocycles. The average molecular weight is 627 g/mol. The van der Waals surface area contributed by atoms with E-state index in [4.69, 9.17) is 0 Å². The van der Waals surface area contributed by atoms with Crippen molar-refractivity contribution in [1.82, 2.24) is 0 Å². The van der Waals surface area contributed by atoms with Gasteiger partial charge in [-0.15, -0.1) is 35.9 Å². The van der Waals surface area contributed by atoms with Crippen LogP contribution in [0.3, 0.4) is 0 Å². The Morgan fingerprint density at radius 1 is 0.947 bits per heavy atom. The SMILES string of the molecule is CCCC1[C-]=CC(C(C)(C)C)=C1.Cc1[c-]c2c(cc1)-c1ccc(C)cc1C2.Cl.Cl.[CH2]=[Zr].[CH3-].[c-]1ccccc1. The summed E-state index contributed by atoms with van der Waals surface area (Å²) in [7, 11) is 0. The fourth-order valence-electron chi connectivity index (χ4n) is 4.17. The van der Waals surface area contributed by atoms with E-state index in [1.54, 1.807) is 0 Å². The Hall–Kier alpha value is -1.53.